The number of rotatable bonds is 4. The zero-order valence-electron chi connectivity index (χ0n) is 19.0. The van der Waals surface area contributed by atoms with Crippen molar-refractivity contribution in [1.82, 2.24) is 4.90 Å². The van der Waals surface area contributed by atoms with Crippen molar-refractivity contribution in [3.05, 3.63) is 101 Å². The zero-order chi connectivity index (χ0) is 22.9. The number of carbonyl (C=O) groups is 2. The van der Waals surface area contributed by atoms with Gasteiger partial charge in [0.15, 0.2) is 0 Å². The second-order valence-electron chi connectivity index (χ2n) is 8.63. The van der Waals surface area contributed by atoms with Crippen molar-refractivity contribution in [3.8, 4) is 0 Å². The van der Waals surface area contributed by atoms with Crippen LogP contribution in [0.4, 0.5) is 11.4 Å². The number of para-hydroxylation sites is 1. The van der Waals surface area contributed by atoms with Crippen LogP contribution in [0.2, 0.25) is 0 Å². The van der Waals surface area contributed by atoms with Crippen molar-refractivity contribution >= 4 is 28.8 Å². The Kier molecular flexibility index (Phi) is 5.47. The lowest BCUT2D eigenvalue weighted by molar-refractivity contribution is -0.120. The van der Waals surface area contributed by atoms with Gasteiger partial charge in [-0.15, -0.1) is 0 Å². The van der Waals surface area contributed by atoms with E-state index in [1.165, 1.54) is 10.6 Å². The fourth-order valence-corrected chi connectivity index (χ4v) is 4.78. The summed E-state index contributed by atoms with van der Waals surface area (Å²) in [6, 6.07) is 25.7. The lowest BCUT2D eigenvalue weighted by Crippen LogP contribution is -2.47. The Hall–Kier alpha value is -3.86. The summed E-state index contributed by atoms with van der Waals surface area (Å²) in [5.41, 5.74) is 5.64. The number of imide groups is 1. The molecular weight excluding hydrogens is 410 g/mol. The highest BCUT2D eigenvalue weighted by molar-refractivity contribution is 6.45. The molecule has 5 heteroatoms. The molecular formula is C28H27N3O2. The number of anilines is 2. The maximum atomic E-state index is 13.8. The molecule has 3 aromatic carbocycles. The Morgan fingerprint density at radius 1 is 0.667 bits per heavy atom. The molecule has 0 aromatic heterocycles. The van der Waals surface area contributed by atoms with Gasteiger partial charge < -0.3 is 9.80 Å². The Balaban J connectivity index is 1.51. The average Bonchev–Trinajstić information content (AvgIpc) is 3.10. The Labute approximate surface area is 194 Å². The first-order chi connectivity index (χ1) is 16.0. The van der Waals surface area contributed by atoms with E-state index in [0.717, 1.165) is 29.8 Å². The van der Waals surface area contributed by atoms with Gasteiger partial charge in [-0.25, -0.2) is 4.90 Å². The minimum absolute atomic E-state index is 0.237. The number of carbonyl (C=O) groups excluding carboxylic acids is 2. The first-order valence-electron chi connectivity index (χ1n) is 11.4. The summed E-state index contributed by atoms with van der Waals surface area (Å²) < 4.78 is 0. The Morgan fingerprint density at radius 3 is 1.91 bits per heavy atom. The largest absolute Gasteiger partial charge is 0.368 e. The summed E-state index contributed by atoms with van der Waals surface area (Å²) in [4.78, 5) is 33.3. The average molecular weight is 438 g/mol. The van der Waals surface area contributed by atoms with Crippen molar-refractivity contribution in [3.63, 3.8) is 0 Å². The highest BCUT2D eigenvalue weighted by Gasteiger charge is 2.43. The first kappa shape index (κ1) is 21.0. The molecule has 5 nitrogen and oxygen atoms in total. The predicted octanol–water partition coefficient (Wildman–Crippen LogP) is 4.41. The zero-order valence-corrected chi connectivity index (χ0v) is 19.0. The molecule has 1 fully saturated rings. The second kappa shape index (κ2) is 8.58. The van der Waals surface area contributed by atoms with Gasteiger partial charge in [0, 0.05) is 31.9 Å². The van der Waals surface area contributed by atoms with Crippen molar-refractivity contribution < 1.29 is 9.59 Å². The normalized spacial score (nSPS) is 16.7. The summed E-state index contributed by atoms with van der Waals surface area (Å²) in [5, 5.41) is 0. The lowest BCUT2D eigenvalue weighted by Gasteiger charge is -2.37. The van der Waals surface area contributed by atoms with Gasteiger partial charge in [0.05, 0.1) is 11.3 Å². The molecule has 2 aliphatic rings. The topological polar surface area (TPSA) is 43.9 Å². The molecule has 33 heavy (non-hydrogen) atoms. The third-order valence-corrected chi connectivity index (χ3v) is 6.43. The van der Waals surface area contributed by atoms with Crippen LogP contribution >= 0.6 is 0 Å². The third kappa shape index (κ3) is 3.80. The monoisotopic (exact) mass is 437 g/mol. The second-order valence-corrected chi connectivity index (χ2v) is 8.63. The van der Waals surface area contributed by atoms with Crippen molar-refractivity contribution in [2.45, 2.75) is 13.8 Å². The van der Waals surface area contributed by atoms with E-state index in [1.807, 2.05) is 80.6 Å². The van der Waals surface area contributed by atoms with Gasteiger partial charge in [-0.1, -0.05) is 66.2 Å². The molecule has 2 heterocycles. The van der Waals surface area contributed by atoms with E-state index in [0.29, 0.717) is 30.0 Å². The molecule has 0 unspecified atom stereocenters. The molecule has 166 valence electrons. The molecule has 0 spiro atoms. The van der Waals surface area contributed by atoms with Crippen molar-refractivity contribution in [2.24, 2.45) is 0 Å². The summed E-state index contributed by atoms with van der Waals surface area (Å²) in [7, 11) is 0. The molecule has 0 atom stereocenters. The molecule has 0 N–H and O–H groups in total. The molecule has 3 aromatic rings. The Bertz CT molecular complexity index is 1230. The van der Waals surface area contributed by atoms with Crippen LogP contribution < -0.4 is 9.80 Å². The molecule has 0 radical (unpaired) electrons. The summed E-state index contributed by atoms with van der Waals surface area (Å²) in [6.45, 7) is 6.90. The van der Waals surface area contributed by atoms with Crippen LogP contribution in [0.3, 0.4) is 0 Å². The quantitative estimate of drug-likeness (QED) is 0.567. The van der Waals surface area contributed by atoms with E-state index in [4.69, 9.17) is 0 Å². The van der Waals surface area contributed by atoms with E-state index in [2.05, 4.69) is 21.9 Å². The minimum atomic E-state index is -0.251. The molecule has 5 rings (SSSR count). The van der Waals surface area contributed by atoms with Crippen LogP contribution in [0.1, 0.15) is 16.7 Å². The molecule has 2 amide bonds. The van der Waals surface area contributed by atoms with E-state index in [1.54, 1.807) is 0 Å². The first-order valence-corrected chi connectivity index (χ1v) is 11.4. The number of hydrogen-bond donors (Lipinski definition) is 0. The van der Waals surface area contributed by atoms with Crippen LogP contribution in [0.5, 0.6) is 0 Å². The summed E-state index contributed by atoms with van der Waals surface area (Å²) >= 11 is 0. The van der Waals surface area contributed by atoms with Crippen LogP contribution in [0, 0.1) is 13.8 Å². The maximum Gasteiger partial charge on any atom is 0.282 e. The fraction of sp³-hybridized carbons (Fsp3) is 0.214. The number of aryl methyl sites for hydroxylation is 2. The molecule has 1 saturated heterocycles. The van der Waals surface area contributed by atoms with E-state index < -0.39 is 0 Å². The van der Waals surface area contributed by atoms with Gasteiger partial charge in [-0.2, -0.15) is 0 Å². The predicted molar refractivity (Wildman–Crippen MR) is 132 cm³/mol. The van der Waals surface area contributed by atoms with Crippen molar-refractivity contribution in [1.29, 1.82) is 0 Å². The number of nitrogens with zero attached hydrogens (tertiary/aromatic N) is 3. The van der Waals surface area contributed by atoms with Gasteiger partial charge in [-0.05, 0) is 43.2 Å². The van der Waals surface area contributed by atoms with Crippen LogP contribution in [-0.2, 0) is 9.59 Å². The molecule has 0 bridgehead atoms. The van der Waals surface area contributed by atoms with Gasteiger partial charge in [0.2, 0.25) is 0 Å². The van der Waals surface area contributed by atoms with Crippen LogP contribution in [0.25, 0.3) is 5.57 Å². The smallest absolute Gasteiger partial charge is 0.282 e. The number of benzene rings is 3. The summed E-state index contributed by atoms with van der Waals surface area (Å²) in [5.74, 6) is -0.488. The fourth-order valence-electron chi connectivity index (χ4n) is 4.78. The van der Waals surface area contributed by atoms with E-state index in [-0.39, 0.29) is 11.8 Å². The Morgan fingerprint density at radius 2 is 1.27 bits per heavy atom. The van der Waals surface area contributed by atoms with Crippen molar-refractivity contribution in [2.75, 3.05) is 36.0 Å². The SMILES string of the molecule is Cc1ccc(N2C(=O)C(c3ccccc3)=C(N3CCN(c4ccccc4)CC3)C2=O)c(C)c1. The van der Waals surface area contributed by atoms with E-state index in [9.17, 15) is 9.59 Å². The van der Waals surface area contributed by atoms with Gasteiger partial charge in [0.1, 0.15) is 5.70 Å². The standard InChI is InChI=1S/C28H27N3O2/c1-20-13-14-24(21(2)19-20)31-27(32)25(22-9-5-3-6-10-22)26(28(31)33)30-17-15-29(16-18-30)23-11-7-4-8-12-23/h3-14,19H,15-18H2,1-2H3. The van der Waals surface area contributed by atoms with E-state index >= 15 is 0 Å². The third-order valence-electron chi connectivity index (χ3n) is 6.43. The lowest BCUT2D eigenvalue weighted by atomic mass is 10.0. The van der Waals surface area contributed by atoms with Crippen LogP contribution in [-0.4, -0.2) is 42.9 Å². The van der Waals surface area contributed by atoms with Gasteiger partial charge >= 0.3 is 0 Å². The molecule has 0 saturated carbocycles. The van der Waals surface area contributed by atoms with Crippen LogP contribution in [0.15, 0.2) is 84.6 Å². The van der Waals surface area contributed by atoms with Gasteiger partial charge in [0.25, 0.3) is 11.8 Å². The number of piperazine rings is 1. The number of amides is 2. The maximum absolute atomic E-state index is 13.8. The highest BCUT2D eigenvalue weighted by atomic mass is 16.2. The van der Waals surface area contributed by atoms with Gasteiger partial charge in [-0.3, -0.25) is 9.59 Å². The summed E-state index contributed by atoms with van der Waals surface area (Å²) in [6.07, 6.45) is 0. The molecule has 2 aliphatic heterocycles. The minimum Gasteiger partial charge on any atom is -0.368 e. The number of hydrogen-bond acceptors (Lipinski definition) is 4. The molecule has 0 aliphatic carbocycles. The highest BCUT2D eigenvalue weighted by Crippen LogP contribution is 2.36.